The zero-order valence-electron chi connectivity index (χ0n) is 9.08. The van der Waals surface area contributed by atoms with Gasteiger partial charge < -0.3 is 5.73 Å². The van der Waals surface area contributed by atoms with Gasteiger partial charge in [-0.1, -0.05) is 41.5 Å². The summed E-state index contributed by atoms with van der Waals surface area (Å²) < 4.78 is 0. The average Bonchev–Trinajstić information content (AvgIpc) is 1.58. The molecule has 0 saturated carbocycles. The van der Waals surface area contributed by atoms with Crippen molar-refractivity contribution in [3.8, 4) is 0 Å². The summed E-state index contributed by atoms with van der Waals surface area (Å²) in [5.41, 5.74) is 6.46. The van der Waals surface area contributed by atoms with Crippen molar-refractivity contribution in [1.29, 1.82) is 0 Å². The standard InChI is InChI=1S/C10H23N/c1-8(2,3)10(7,11)9(4,5)6/h11H2,1-7H3. The molecule has 0 heterocycles. The highest BCUT2D eigenvalue weighted by Gasteiger charge is 2.43. The molecule has 0 atom stereocenters. The summed E-state index contributed by atoms with van der Waals surface area (Å²) in [4.78, 5) is 0. The fourth-order valence-electron chi connectivity index (χ4n) is 1.12. The molecule has 1 nitrogen and oxygen atoms in total. The molecule has 11 heavy (non-hydrogen) atoms. The van der Waals surface area contributed by atoms with Crippen LogP contribution in [0.5, 0.6) is 0 Å². The van der Waals surface area contributed by atoms with Gasteiger partial charge in [0.05, 0.1) is 0 Å². The first kappa shape index (κ1) is 11.0. The molecule has 2 N–H and O–H groups in total. The zero-order chi connectivity index (χ0) is 9.50. The van der Waals surface area contributed by atoms with E-state index in [0.29, 0.717) is 0 Å². The van der Waals surface area contributed by atoms with Gasteiger partial charge in [0.1, 0.15) is 0 Å². The summed E-state index contributed by atoms with van der Waals surface area (Å²) in [5, 5.41) is 0. The topological polar surface area (TPSA) is 26.0 Å². The highest BCUT2D eigenvalue weighted by molar-refractivity contribution is 4.99. The van der Waals surface area contributed by atoms with Crippen molar-refractivity contribution in [2.45, 2.75) is 54.0 Å². The highest BCUT2D eigenvalue weighted by Crippen LogP contribution is 2.41. The Balaban J connectivity index is 4.75. The van der Waals surface area contributed by atoms with Crippen LogP contribution in [0, 0.1) is 10.8 Å². The molecule has 0 radical (unpaired) electrons. The van der Waals surface area contributed by atoms with Crippen LogP contribution >= 0.6 is 0 Å². The molecule has 0 aliphatic carbocycles. The lowest BCUT2D eigenvalue weighted by Gasteiger charge is -2.48. The Morgan fingerprint density at radius 3 is 0.818 bits per heavy atom. The Kier molecular flexibility index (Phi) is 2.47. The van der Waals surface area contributed by atoms with E-state index in [4.69, 9.17) is 5.73 Å². The van der Waals surface area contributed by atoms with Gasteiger partial charge in [-0.2, -0.15) is 0 Å². The third-order valence-electron chi connectivity index (χ3n) is 3.12. The molecule has 0 aromatic rings. The first-order chi connectivity index (χ1) is 4.50. The van der Waals surface area contributed by atoms with Crippen molar-refractivity contribution >= 4 is 0 Å². The van der Waals surface area contributed by atoms with Crippen LogP contribution < -0.4 is 5.73 Å². The average molecular weight is 157 g/mol. The van der Waals surface area contributed by atoms with Crippen LogP contribution in [0.15, 0.2) is 0 Å². The monoisotopic (exact) mass is 157 g/mol. The predicted molar refractivity (Wildman–Crippen MR) is 51.5 cm³/mol. The van der Waals surface area contributed by atoms with E-state index < -0.39 is 0 Å². The molecule has 68 valence electrons. The quantitative estimate of drug-likeness (QED) is 0.575. The van der Waals surface area contributed by atoms with E-state index >= 15 is 0 Å². The molecular weight excluding hydrogens is 134 g/mol. The molecule has 0 bridgehead atoms. The summed E-state index contributed by atoms with van der Waals surface area (Å²) in [7, 11) is 0. The van der Waals surface area contributed by atoms with Gasteiger partial charge in [0.2, 0.25) is 0 Å². The van der Waals surface area contributed by atoms with Gasteiger partial charge in [0.25, 0.3) is 0 Å². The SMILES string of the molecule is CC(C)(C)C(C)(N)C(C)(C)C. The lowest BCUT2D eigenvalue weighted by Crippen LogP contribution is -2.57. The van der Waals surface area contributed by atoms with Gasteiger partial charge in [-0.3, -0.25) is 0 Å². The molecule has 0 spiro atoms. The van der Waals surface area contributed by atoms with Crippen LogP contribution in [-0.2, 0) is 0 Å². The van der Waals surface area contributed by atoms with E-state index in [1.807, 2.05) is 0 Å². The largest absolute Gasteiger partial charge is 0.324 e. The van der Waals surface area contributed by atoms with Crippen LogP contribution in [0.4, 0.5) is 0 Å². The molecule has 0 saturated heterocycles. The molecule has 0 rings (SSSR count). The third kappa shape index (κ3) is 1.96. The second-order valence-corrected chi connectivity index (χ2v) is 5.70. The Labute approximate surface area is 71.4 Å². The summed E-state index contributed by atoms with van der Waals surface area (Å²) >= 11 is 0. The van der Waals surface area contributed by atoms with Crippen molar-refractivity contribution in [2.24, 2.45) is 16.6 Å². The molecule has 0 amide bonds. The molecule has 1 heteroatoms. The lowest BCUT2D eigenvalue weighted by molar-refractivity contribution is 0.0779. The smallest absolute Gasteiger partial charge is 0.0223 e. The van der Waals surface area contributed by atoms with Crippen molar-refractivity contribution in [1.82, 2.24) is 0 Å². The zero-order valence-corrected chi connectivity index (χ0v) is 9.08. The van der Waals surface area contributed by atoms with Crippen LogP contribution in [0.25, 0.3) is 0 Å². The maximum Gasteiger partial charge on any atom is 0.0223 e. The molecule has 0 aliphatic heterocycles. The summed E-state index contributed by atoms with van der Waals surface area (Å²) in [6, 6.07) is 0. The van der Waals surface area contributed by atoms with Gasteiger partial charge in [0, 0.05) is 5.54 Å². The normalized spacial score (nSPS) is 15.3. The van der Waals surface area contributed by atoms with E-state index in [0.717, 1.165) is 0 Å². The van der Waals surface area contributed by atoms with Crippen molar-refractivity contribution in [3.63, 3.8) is 0 Å². The second-order valence-electron chi connectivity index (χ2n) is 5.70. The van der Waals surface area contributed by atoms with Gasteiger partial charge in [-0.05, 0) is 17.8 Å². The Hall–Kier alpha value is -0.0400. The summed E-state index contributed by atoms with van der Waals surface area (Å²) in [5.74, 6) is 0. The molecule has 0 aromatic heterocycles. The second kappa shape index (κ2) is 2.48. The molecule has 0 aromatic carbocycles. The van der Waals surface area contributed by atoms with Crippen molar-refractivity contribution in [2.75, 3.05) is 0 Å². The van der Waals surface area contributed by atoms with Gasteiger partial charge in [-0.15, -0.1) is 0 Å². The first-order valence-electron chi connectivity index (χ1n) is 4.29. The Morgan fingerprint density at radius 2 is 0.818 bits per heavy atom. The summed E-state index contributed by atoms with van der Waals surface area (Å²) in [6.07, 6.45) is 0. The van der Waals surface area contributed by atoms with Crippen LogP contribution in [-0.4, -0.2) is 5.54 Å². The van der Waals surface area contributed by atoms with Crippen LogP contribution in [0.3, 0.4) is 0 Å². The van der Waals surface area contributed by atoms with Crippen molar-refractivity contribution < 1.29 is 0 Å². The maximum absolute atomic E-state index is 6.27. The van der Waals surface area contributed by atoms with Crippen LogP contribution in [0.2, 0.25) is 0 Å². The van der Waals surface area contributed by atoms with E-state index in [-0.39, 0.29) is 16.4 Å². The predicted octanol–water partition coefficient (Wildman–Crippen LogP) is 2.80. The van der Waals surface area contributed by atoms with E-state index in [1.54, 1.807) is 0 Å². The number of hydrogen-bond acceptors (Lipinski definition) is 1. The fraction of sp³-hybridized carbons (Fsp3) is 1.00. The minimum Gasteiger partial charge on any atom is -0.324 e. The number of nitrogens with two attached hydrogens (primary N) is 1. The Morgan fingerprint density at radius 1 is 0.636 bits per heavy atom. The Bertz CT molecular complexity index is 116. The number of hydrogen-bond donors (Lipinski definition) is 1. The van der Waals surface area contributed by atoms with Gasteiger partial charge in [-0.25, -0.2) is 0 Å². The fourth-order valence-corrected chi connectivity index (χ4v) is 1.12. The lowest BCUT2D eigenvalue weighted by atomic mass is 9.62. The van der Waals surface area contributed by atoms with E-state index in [1.165, 1.54) is 0 Å². The molecule has 0 fully saturated rings. The number of rotatable bonds is 0. The molecule has 0 unspecified atom stereocenters. The van der Waals surface area contributed by atoms with Crippen molar-refractivity contribution in [3.05, 3.63) is 0 Å². The van der Waals surface area contributed by atoms with E-state index in [9.17, 15) is 0 Å². The third-order valence-corrected chi connectivity index (χ3v) is 3.12. The molecule has 0 aliphatic rings. The van der Waals surface area contributed by atoms with Gasteiger partial charge >= 0.3 is 0 Å². The van der Waals surface area contributed by atoms with E-state index in [2.05, 4.69) is 48.5 Å². The molecular formula is C10H23N. The van der Waals surface area contributed by atoms with Crippen LogP contribution in [0.1, 0.15) is 48.5 Å². The minimum absolute atomic E-state index is 0.125. The highest BCUT2D eigenvalue weighted by atomic mass is 14.8. The summed E-state index contributed by atoms with van der Waals surface area (Å²) in [6.45, 7) is 15.3. The minimum atomic E-state index is -0.125. The van der Waals surface area contributed by atoms with Gasteiger partial charge in [0.15, 0.2) is 0 Å². The maximum atomic E-state index is 6.27. The first-order valence-corrected chi connectivity index (χ1v) is 4.29.